The number of nitrogens with zero attached hydrogens (tertiary/aromatic N) is 1. The number of ether oxygens (including phenoxy) is 1. The van der Waals surface area contributed by atoms with Gasteiger partial charge in [-0.05, 0) is 38.1 Å². The molecule has 3 rings (SSSR count). The molecule has 5 atom stereocenters. The molecule has 0 spiro atoms. The van der Waals surface area contributed by atoms with Crippen molar-refractivity contribution in [3.8, 4) is 0 Å². The molecule has 2 heterocycles. The van der Waals surface area contributed by atoms with E-state index < -0.39 is 0 Å². The number of hydrogen-bond donors (Lipinski definition) is 2. The number of fused-ring (bicyclic) bond motifs is 1. The number of morpholine rings is 1. The summed E-state index contributed by atoms with van der Waals surface area (Å²) in [6.07, 6.45) is 5.78. The lowest BCUT2D eigenvalue weighted by molar-refractivity contribution is -0.129. The molecule has 1 amide bonds. The highest BCUT2D eigenvalue weighted by molar-refractivity contribution is 5.79. The largest absolute Gasteiger partial charge is 0.373 e. The predicted octanol–water partition coefficient (Wildman–Crippen LogP) is 0.729. The Bertz CT molecular complexity index is 377. The van der Waals surface area contributed by atoms with Crippen molar-refractivity contribution in [1.29, 1.82) is 0 Å². The first-order valence-electron chi connectivity index (χ1n) is 8.54. The summed E-state index contributed by atoms with van der Waals surface area (Å²) in [6, 6.07) is 0.791. The first-order chi connectivity index (χ1) is 10.1. The topological polar surface area (TPSA) is 67.6 Å². The molecule has 0 aromatic heterocycles. The molecule has 2 aliphatic heterocycles. The molecule has 3 fully saturated rings. The van der Waals surface area contributed by atoms with Crippen LogP contribution in [0.25, 0.3) is 0 Å². The van der Waals surface area contributed by atoms with E-state index in [1.165, 1.54) is 19.4 Å². The summed E-state index contributed by atoms with van der Waals surface area (Å²) < 4.78 is 5.90. The van der Waals surface area contributed by atoms with E-state index in [0.717, 1.165) is 32.4 Å². The molecule has 0 aromatic carbocycles. The zero-order valence-electron chi connectivity index (χ0n) is 13.1. The molecule has 0 radical (unpaired) electrons. The van der Waals surface area contributed by atoms with Gasteiger partial charge in [0, 0.05) is 31.1 Å². The zero-order chi connectivity index (χ0) is 14.8. The van der Waals surface area contributed by atoms with Gasteiger partial charge in [-0.25, -0.2) is 0 Å². The molecule has 0 bridgehead atoms. The van der Waals surface area contributed by atoms with Crippen LogP contribution in [-0.4, -0.2) is 55.2 Å². The number of nitrogens with one attached hydrogen (secondary N) is 1. The lowest BCUT2D eigenvalue weighted by Gasteiger charge is -2.36. The van der Waals surface area contributed by atoms with Crippen LogP contribution >= 0.6 is 0 Å². The van der Waals surface area contributed by atoms with Crippen LogP contribution in [0.1, 0.15) is 39.0 Å². The molecule has 1 aliphatic carbocycles. The van der Waals surface area contributed by atoms with E-state index >= 15 is 0 Å². The summed E-state index contributed by atoms with van der Waals surface area (Å²) in [5.74, 6) is 0.538. The van der Waals surface area contributed by atoms with Gasteiger partial charge in [-0.2, -0.15) is 0 Å². The van der Waals surface area contributed by atoms with E-state index in [1.54, 1.807) is 0 Å². The molecular weight excluding hydrogens is 266 g/mol. The Hall–Kier alpha value is -0.650. The van der Waals surface area contributed by atoms with E-state index in [4.69, 9.17) is 10.5 Å². The van der Waals surface area contributed by atoms with Crippen molar-refractivity contribution in [2.75, 3.05) is 26.2 Å². The van der Waals surface area contributed by atoms with Gasteiger partial charge in [0.1, 0.15) is 0 Å². The van der Waals surface area contributed by atoms with E-state index in [1.807, 2.05) is 0 Å². The van der Waals surface area contributed by atoms with E-state index in [0.29, 0.717) is 12.6 Å². The quantitative estimate of drug-likeness (QED) is 0.805. The van der Waals surface area contributed by atoms with Crippen LogP contribution in [-0.2, 0) is 9.53 Å². The lowest BCUT2D eigenvalue weighted by atomic mass is 9.77. The second-order valence-corrected chi connectivity index (χ2v) is 7.05. The number of amides is 1. The van der Waals surface area contributed by atoms with Gasteiger partial charge in [0.25, 0.3) is 0 Å². The van der Waals surface area contributed by atoms with Crippen LogP contribution in [0.2, 0.25) is 0 Å². The molecule has 120 valence electrons. The Balaban J connectivity index is 1.45. The van der Waals surface area contributed by atoms with Crippen LogP contribution in [0.5, 0.6) is 0 Å². The average molecular weight is 295 g/mol. The van der Waals surface area contributed by atoms with Gasteiger partial charge in [-0.1, -0.05) is 13.3 Å². The predicted molar refractivity (Wildman–Crippen MR) is 81.8 cm³/mol. The number of hydrogen-bond acceptors (Lipinski definition) is 4. The average Bonchev–Trinajstić information content (AvgIpc) is 2.95. The molecule has 0 aromatic rings. The molecule has 5 heteroatoms. The number of carbonyl (C=O) groups excluding carboxylic acids is 1. The Kier molecular flexibility index (Phi) is 4.82. The third-order valence-corrected chi connectivity index (χ3v) is 5.66. The summed E-state index contributed by atoms with van der Waals surface area (Å²) in [5, 5.41) is 3.11. The minimum absolute atomic E-state index is 0.0804. The smallest absolute Gasteiger partial charge is 0.223 e. The molecule has 21 heavy (non-hydrogen) atoms. The van der Waals surface area contributed by atoms with Crippen molar-refractivity contribution < 1.29 is 9.53 Å². The molecule has 1 saturated carbocycles. The fourth-order valence-corrected chi connectivity index (χ4v) is 4.12. The minimum Gasteiger partial charge on any atom is -0.373 e. The van der Waals surface area contributed by atoms with Crippen LogP contribution in [0.15, 0.2) is 0 Å². The highest BCUT2D eigenvalue weighted by Crippen LogP contribution is 2.29. The van der Waals surface area contributed by atoms with E-state index in [2.05, 4.69) is 17.1 Å². The van der Waals surface area contributed by atoms with Crippen molar-refractivity contribution in [3.05, 3.63) is 0 Å². The Labute approximate surface area is 127 Å². The Morgan fingerprint density at radius 1 is 1.33 bits per heavy atom. The summed E-state index contributed by atoms with van der Waals surface area (Å²) in [5.41, 5.74) is 6.09. The highest BCUT2D eigenvalue weighted by atomic mass is 16.5. The van der Waals surface area contributed by atoms with Crippen LogP contribution in [0.3, 0.4) is 0 Å². The Morgan fingerprint density at radius 2 is 2.19 bits per heavy atom. The summed E-state index contributed by atoms with van der Waals surface area (Å²) in [7, 11) is 0. The van der Waals surface area contributed by atoms with Gasteiger partial charge < -0.3 is 15.8 Å². The first kappa shape index (κ1) is 15.3. The SMILES string of the molecule is CC1C(N)CCCC1C(=O)NCC1CN2CCCC2CO1. The van der Waals surface area contributed by atoms with Crippen LogP contribution < -0.4 is 11.1 Å². The number of nitrogens with two attached hydrogens (primary N) is 1. The van der Waals surface area contributed by atoms with Crippen molar-refractivity contribution in [1.82, 2.24) is 10.2 Å². The summed E-state index contributed by atoms with van der Waals surface area (Å²) in [4.78, 5) is 14.9. The van der Waals surface area contributed by atoms with Crippen LogP contribution in [0, 0.1) is 11.8 Å². The fraction of sp³-hybridized carbons (Fsp3) is 0.938. The molecular formula is C16H29N3O2. The molecule has 5 nitrogen and oxygen atoms in total. The monoisotopic (exact) mass is 295 g/mol. The maximum atomic E-state index is 12.4. The van der Waals surface area contributed by atoms with Crippen molar-refractivity contribution in [2.45, 2.75) is 57.2 Å². The third-order valence-electron chi connectivity index (χ3n) is 5.66. The van der Waals surface area contributed by atoms with Crippen LogP contribution in [0.4, 0.5) is 0 Å². The zero-order valence-corrected chi connectivity index (χ0v) is 13.1. The van der Waals surface area contributed by atoms with Gasteiger partial charge in [0.15, 0.2) is 0 Å². The highest BCUT2D eigenvalue weighted by Gasteiger charge is 2.35. The Morgan fingerprint density at radius 3 is 3.05 bits per heavy atom. The number of rotatable bonds is 3. The maximum Gasteiger partial charge on any atom is 0.223 e. The first-order valence-corrected chi connectivity index (χ1v) is 8.54. The molecule has 2 saturated heterocycles. The standard InChI is InChI=1S/C16H29N3O2/c1-11-14(5-2-6-15(11)17)16(20)18-8-13-9-19-7-3-4-12(19)10-21-13/h11-15H,2-10,17H2,1H3,(H,18,20). The third kappa shape index (κ3) is 3.41. The summed E-state index contributed by atoms with van der Waals surface area (Å²) >= 11 is 0. The number of carbonyl (C=O) groups is 1. The van der Waals surface area contributed by atoms with E-state index in [-0.39, 0.29) is 29.9 Å². The molecule has 3 aliphatic rings. The summed E-state index contributed by atoms with van der Waals surface area (Å²) in [6.45, 7) is 5.73. The van der Waals surface area contributed by atoms with Gasteiger partial charge >= 0.3 is 0 Å². The van der Waals surface area contributed by atoms with Crippen molar-refractivity contribution in [2.24, 2.45) is 17.6 Å². The van der Waals surface area contributed by atoms with Gasteiger partial charge in [0.05, 0.1) is 12.7 Å². The lowest BCUT2D eigenvalue weighted by Crippen LogP contribution is -2.51. The molecule has 5 unspecified atom stereocenters. The van der Waals surface area contributed by atoms with Crippen molar-refractivity contribution >= 4 is 5.91 Å². The van der Waals surface area contributed by atoms with E-state index in [9.17, 15) is 4.79 Å². The van der Waals surface area contributed by atoms with Crippen molar-refractivity contribution in [3.63, 3.8) is 0 Å². The second kappa shape index (κ2) is 6.63. The maximum absolute atomic E-state index is 12.4. The minimum atomic E-state index is 0.0804. The second-order valence-electron chi connectivity index (χ2n) is 7.05. The normalized spacial score (nSPS) is 40.8. The van der Waals surface area contributed by atoms with Gasteiger partial charge in [0.2, 0.25) is 5.91 Å². The molecule has 3 N–H and O–H groups in total. The fourth-order valence-electron chi connectivity index (χ4n) is 4.12. The van der Waals surface area contributed by atoms with Gasteiger partial charge in [-0.15, -0.1) is 0 Å². The van der Waals surface area contributed by atoms with Gasteiger partial charge in [-0.3, -0.25) is 9.69 Å².